The molecule has 4 heteroatoms. The van der Waals surface area contributed by atoms with E-state index in [-0.39, 0.29) is 11.3 Å². The van der Waals surface area contributed by atoms with E-state index in [1.54, 1.807) is 12.1 Å². The Kier molecular flexibility index (Phi) is 7.05. The van der Waals surface area contributed by atoms with Gasteiger partial charge in [-0.05, 0) is 41.7 Å². The standard InChI is InChI=1S/C23H29NO3/c1-6-15-26-20-10-8-9-18(16-20)24-22(25)21(7-2)27-19-13-11-17(12-14-19)23(3,4)5/h6,8-14,16,21H,1,7,15H2,2-5H3,(H,24,25)/t21-/m1/s1. The van der Waals surface area contributed by atoms with Crippen molar-refractivity contribution in [3.05, 3.63) is 66.7 Å². The van der Waals surface area contributed by atoms with Crippen molar-refractivity contribution in [2.75, 3.05) is 11.9 Å². The molecule has 0 aliphatic carbocycles. The SMILES string of the molecule is C=CCOc1cccc(NC(=O)[C@@H](CC)Oc2ccc(C(C)(C)C)cc2)c1. The number of anilines is 1. The molecule has 0 heterocycles. The van der Waals surface area contributed by atoms with E-state index >= 15 is 0 Å². The maximum Gasteiger partial charge on any atom is 0.265 e. The zero-order chi connectivity index (χ0) is 19.9. The Labute approximate surface area is 162 Å². The highest BCUT2D eigenvalue weighted by Gasteiger charge is 2.19. The highest BCUT2D eigenvalue weighted by atomic mass is 16.5. The second-order valence-corrected chi connectivity index (χ2v) is 7.41. The van der Waals surface area contributed by atoms with Crippen LogP contribution in [0.4, 0.5) is 5.69 Å². The van der Waals surface area contributed by atoms with Crippen LogP contribution in [-0.4, -0.2) is 18.6 Å². The minimum absolute atomic E-state index is 0.0821. The van der Waals surface area contributed by atoms with Gasteiger partial charge in [-0.25, -0.2) is 0 Å². The molecule has 0 saturated heterocycles. The van der Waals surface area contributed by atoms with Crippen molar-refractivity contribution in [2.24, 2.45) is 0 Å². The number of hydrogen-bond acceptors (Lipinski definition) is 3. The lowest BCUT2D eigenvalue weighted by molar-refractivity contribution is -0.122. The van der Waals surface area contributed by atoms with Gasteiger partial charge in [-0.3, -0.25) is 4.79 Å². The Hall–Kier alpha value is -2.75. The quantitative estimate of drug-likeness (QED) is 0.640. The van der Waals surface area contributed by atoms with Crippen LogP contribution in [0.2, 0.25) is 0 Å². The molecule has 0 fully saturated rings. The fourth-order valence-corrected chi connectivity index (χ4v) is 2.56. The normalized spacial score (nSPS) is 12.1. The molecule has 1 atom stereocenters. The van der Waals surface area contributed by atoms with E-state index < -0.39 is 6.10 Å². The van der Waals surface area contributed by atoms with Crippen LogP contribution in [-0.2, 0) is 10.2 Å². The van der Waals surface area contributed by atoms with Crippen molar-refractivity contribution >= 4 is 11.6 Å². The molecular weight excluding hydrogens is 338 g/mol. The van der Waals surface area contributed by atoms with Gasteiger partial charge in [-0.15, -0.1) is 0 Å². The van der Waals surface area contributed by atoms with E-state index in [1.807, 2.05) is 49.4 Å². The Bertz CT molecular complexity index is 760. The molecule has 2 aromatic carbocycles. The topological polar surface area (TPSA) is 47.6 Å². The summed E-state index contributed by atoms with van der Waals surface area (Å²) in [5, 5.41) is 2.90. The summed E-state index contributed by atoms with van der Waals surface area (Å²) >= 11 is 0. The predicted octanol–water partition coefficient (Wildman–Crippen LogP) is 5.35. The summed E-state index contributed by atoms with van der Waals surface area (Å²) in [6, 6.07) is 15.2. The number of carbonyl (C=O) groups excluding carboxylic acids is 1. The molecule has 2 aromatic rings. The molecule has 0 aromatic heterocycles. The summed E-state index contributed by atoms with van der Waals surface area (Å²) in [4.78, 5) is 12.6. The van der Waals surface area contributed by atoms with E-state index in [2.05, 4.69) is 32.7 Å². The Morgan fingerprint density at radius 2 is 1.85 bits per heavy atom. The van der Waals surface area contributed by atoms with Crippen LogP contribution in [0.3, 0.4) is 0 Å². The average molecular weight is 367 g/mol. The third-order valence-electron chi connectivity index (χ3n) is 4.13. The van der Waals surface area contributed by atoms with Gasteiger partial charge in [-0.2, -0.15) is 0 Å². The van der Waals surface area contributed by atoms with Gasteiger partial charge < -0.3 is 14.8 Å². The third kappa shape index (κ3) is 6.17. The van der Waals surface area contributed by atoms with E-state index in [0.29, 0.717) is 30.2 Å². The van der Waals surface area contributed by atoms with Crippen molar-refractivity contribution in [2.45, 2.75) is 45.6 Å². The minimum atomic E-state index is -0.566. The molecule has 0 aliphatic heterocycles. The lowest BCUT2D eigenvalue weighted by Gasteiger charge is -2.21. The second kappa shape index (κ2) is 9.26. The predicted molar refractivity (Wildman–Crippen MR) is 111 cm³/mol. The molecule has 0 saturated carbocycles. The highest BCUT2D eigenvalue weighted by Crippen LogP contribution is 2.25. The van der Waals surface area contributed by atoms with Gasteiger partial charge in [0.05, 0.1) is 0 Å². The molecule has 27 heavy (non-hydrogen) atoms. The molecular formula is C23H29NO3. The first-order chi connectivity index (χ1) is 12.8. The zero-order valence-electron chi connectivity index (χ0n) is 16.6. The molecule has 0 aliphatic rings. The number of hydrogen-bond donors (Lipinski definition) is 1. The van der Waals surface area contributed by atoms with Gasteiger partial charge in [0.1, 0.15) is 18.1 Å². The van der Waals surface area contributed by atoms with Gasteiger partial charge in [0.25, 0.3) is 5.91 Å². The van der Waals surface area contributed by atoms with Crippen molar-refractivity contribution in [1.29, 1.82) is 0 Å². The number of ether oxygens (including phenoxy) is 2. The number of amides is 1. The molecule has 0 spiro atoms. The highest BCUT2D eigenvalue weighted by molar-refractivity contribution is 5.94. The van der Waals surface area contributed by atoms with Crippen molar-refractivity contribution in [1.82, 2.24) is 0 Å². The zero-order valence-corrected chi connectivity index (χ0v) is 16.6. The Balaban J connectivity index is 2.02. The fraction of sp³-hybridized carbons (Fsp3) is 0.348. The van der Waals surface area contributed by atoms with Crippen molar-refractivity contribution < 1.29 is 14.3 Å². The van der Waals surface area contributed by atoms with Crippen LogP contribution < -0.4 is 14.8 Å². The molecule has 4 nitrogen and oxygen atoms in total. The number of rotatable bonds is 8. The van der Waals surface area contributed by atoms with E-state index in [1.165, 1.54) is 5.56 Å². The number of nitrogens with one attached hydrogen (secondary N) is 1. The van der Waals surface area contributed by atoms with Gasteiger partial charge >= 0.3 is 0 Å². The van der Waals surface area contributed by atoms with Gasteiger partial charge in [0.2, 0.25) is 0 Å². The third-order valence-corrected chi connectivity index (χ3v) is 4.13. The molecule has 1 amide bonds. The molecule has 0 unspecified atom stereocenters. The summed E-state index contributed by atoms with van der Waals surface area (Å²) in [7, 11) is 0. The van der Waals surface area contributed by atoms with E-state index in [4.69, 9.17) is 9.47 Å². The lowest BCUT2D eigenvalue weighted by atomic mass is 9.87. The Morgan fingerprint density at radius 1 is 1.15 bits per heavy atom. The summed E-state index contributed by atoms with van der Waals surface area (Å²) in [6.45, 7) is 12.5. The number of benzene rings is 2. The molecule has 0 bridgehead atoms. The minimum Gasteiger partial charge on any atom is -0.489 e. The van der Waals surface area contributed by atoms with Gasteiger partial charge in [0, 0.05) is 11.8 Å². The van der Waals surface area contributed by atoms with Crippen LogP contribution in [0, 0.1) is 0 Å². The van der Waals surface area contributed by atoms with Gasteiger partial charge in [0.15, 0.2) is 6.10 Å². The maximum absolute atomic E-state index is 12.6. The first kappa shape index (κ1) is 20.6. The van der Waals surface area contributed by atoms with E-state index in [0.717, 1.165) is 0 Å². The largest absolute Gasteiger partial charge is 0.489 e. The fourth-order valence-electron chi connectivity index (χ4n) is 2.56. The summed E-state index contributed by atoms with van der Waals surface area (Å²) < 4.78 is 11.4. The summed E-state index contributed by atoms with van der Waals surface area (Å²) in [5.41, 5.74) is 1.98. The molecule has 0 radical (unpaired) electrons. The second-order valence-electron chi connectivity index (χ2n) is 7.41. The lowest BCUT2D eigenvalue weighted by Crippen LogP contribution is -2.32. The first-order valence-electron chi connectivity index (χ1n) is 9.25. The monoisotopic (exact) mass is 367 g/mol. The average Bonchev–Trinajstić information content (AvgIpc) is 2.64. The molecule has 144 valence electrons. The molecule has 1 N–H and O–H groups in total. The van der Waals surface area contributed by atoms with Crippen LogP contribution in [0.5, 0.6) is 11.5 Å². The summed E-state index contributed by atoms with van der Waals surface area (Å²) in [5.74, 6) is 1.19. The van der Waals surface area contributed by atoms with Crippen molar-refractivity contribution in [3.63, 3.8) is 0 Å². The van der Waals surface area contributed by atoms with Crippen molar-refractivity contribution in [3.8, 4) is 11.5 Å². The summed E-state index contributed by atoms with van der Waals surface area (Å²) in [6.07, 6.45) is 1.68. The Morgan fingerprint density at radius 3 is 2.44 bits per heavy atom. The van der Waals surface area contributed by atoms with Crippen LogP contribution in [0.25, 0.3) is 0 Å². The van der Waals surface area contributed by atoms with Crippen LogP contribution in [0.15, 0.2) is 61.2 Å². The van der Waals surface area contributed by atoms with E-state index in [9.17, 15) is 4.79 Å². The number of carbonyl (C=O) groups is 1. The van der Waals surface area contributed by atoms with Crippen LogP contribution in [0.1, 0.15) is 39.7 Å². The van der Waals surface area contributed by atoms with Gasteiger partial charge in [-0.1, -0.05) is 58.5 Å². The first-order valence-corrected chi connectivity index (χ1v) is 9.25. The molecule has 2 rings (SSSR count). The smallest absolute Gasteiger partial charge is 0.265 e. The van der Waals surface area contributed by atoms with Crippen LogP contribution >= 0.6 is 0 Å². The maximum atomic E-state index is 12.6.